The summed E-state index contributed by atoms with van der Waals surface area (Å²) in [6.45, 7) is 6.39. The number of nitrogens with zero attached hydrogens (tertiary/aromatic N) is 3. The summed E-state index contributed by atoms with van der Waals surface area (Å²) in [5.41, 5.74) is 4.30. The minimum Gasteiger partial charge on any atom is -0.494 e. The Morgan fingerprint density at radius 3 is 2.47 bits per heavy atom. The molecule has 0 aliphatic heterocycles. The zero-order valence-electron chi connectivity index (χ0n) is 16.9. The maximum Gasteiger partial charge on any atom is 0.258 e. The fraction of sp³-hybridized carbons (Fsp3) is 0.174. The van der Waals surface area contributed by atoms with Crippen molar-refractivity contribution >= 4 is 34.2 Å². The lowest BCUT2D eigenvalue weighted by Crippen LogP contribution is -2.13. The number of halogens is 1. The highest BCUT2D eigenvalue weighted by atomic mass is 35.5. The summed E-state index contributed by atoms with van der Waals surface area (Å²) in [6.07, 6.45) is 1.49. The molecule has 0 atom stereocenters. The van der Waals surface area contributed by atoms with Crippen molar-refractivity contribution in [2.24, 2.45) is 0 Å². The second kappa shape index (κ2) is 8.16. The van der Waals surface area contributed by atoms with E-state index < -0.39 is 0 Å². The number of anilines is 1. The number of hydrogen-bond acceptors (Lipinski definition) is 4. The predicted octanol–water partition coefficient (Wildman–Crippen LogP) is 5.34. The Kier molecular flexibility index (Phi) is 5.42. The number of fused-ring (bicyclic) bond motifs is 1. The van der Waals surface area contributed by atoms with E-state index in [9.17, 15) is 4.79 Å². The molecule has 2 heterocycles. The lowest BCUT2D eigenvalue weighted by atomic mass is 10.2. The van der Waals surface area contributed by atoms with E-state index in [0.717, 1.165) is 17.0 Å². The van der Waals surface area contributed by atoms with E-state index in [2.05, 4.69) is 15.4 Å². The monoisotopic (exact) mass is 420 g/mol. The number of rotatable bonds is 5. The van der Waals surface area contributed by atoms with Crippen molar-refractivity contribution in [3.63, 3.8) is 0 Å². The molecule has 0 unspecified atom stereocenters. The number of aromatic nitrogens is 3. The van der Waals surface area contributed by atoms with E-state index in [-0.39, 0.29) is 5.91 Å². The lowest BCUT2D eigenvalue weighted by Gasteiger charge is -2.09. The third-order valence-corrected chi connectivity index (χ3v) is 5.15. The summed E-state index contributed by atoms with van der Waals surface area (Å²) in [4.78, 5) is 17.3. The first-order chi connectivity index (χ1) is 14.5. The molecule has 0 spiro atoms. The first kappa shape index (κ1) is 19.9. The van der Waals surface area contributed by atoms with Gasteiger partial charge in [-0.15, -0.1) is 0 Å². The molecule has 0 saturated heterocycles. The Hall–Kier alpha value is -3.38. The average molecular weight is 421 g/mol. The van der Waals surface area contributed by atoms with Crippen LogP contribution in [0.1, 0.15) is 28.5 Å². The molecule has 2 aromatic heterocycles. The van der Waals surface area contributed by atoms with Gasteiger partial charge in [-0.3, -0.25) is 4.79 Å². The minimum absolute atomic E-state index is 0.296. The van der Waals surface area contributed by atoms with Crippen LogP contribution in [0, 0.1) is 13.8 Å². The van der Waals surface area contributed by atoms with Crippen LogP contribution >= 0.6 is 11.6 Å². The van der Waals surface area contributed by atoms with Crippen LogP contribution in [0.25, 0.3) is 16.7 Å². The number of benzene rings is 2. The van der Waals surface area contributed by atoms with Gasteiger partial charge in [0.2, 0.25) is 0 Å². The Morgan fingerprint density at radius 1 is 1.10 bits per heavy atom. The summed E-state index contributed by atoms with van der Waals surface area (Å²) in [5.74, 6) is 0.414. The van der Waals surface area contributed by atoms with Crippen LogP contribution in [0.5, 0.6) is 5.75 Å². The van der Waals surface area contributed by atoms with Gasteiger partial charge < -0.3 is 10.1 Å². The highest BCUT2D eigenvalue weighted by Crippen LogP contribution is 2.30. The Labute approximate surface area is 179 Å². The standard InChI is InChI=1S/C23H21ClN4O2/c1-4-30-18-11-7-16(8-12-18)26-23(29)19-13-25-22-20(21(19)24)15(3)27-28(22)17-9-5-14(2)6-10-17/h5-13H,4H2,1-3H3,(H,26,29). The van der Waals surface area contributed by atoms with E-state index >= 15 is 0 Å². The van der Waals surface area contributed by atoms with Crippen LogP contribution in [0.3, 0.4) is 0 Å². The molecule has 0 aliphatic rings. The smallest absolute Gasteiger partial charge is 0.258 e. The van der Waals surface area contributed by atoms with Gasteiger partial charge >= 0.3 is 0 Å². The van der Waals surface area contributed by atoms with E-state index in [1.807, 2.05) is 45.0 Å². The van der Waals surface area contributed by atoms with E-state index in [1.54, 1.807) is 28.9 Å². The second-order valence-corrected chi connectivity index (χ2v) is 7.31. The topological polar surface area (TPSA) is 69.0 Å². The van der Waals surface area contributed by atoms with Crippen molar-refractivity contribution < 1.29 is 9.53 Å². The number of carbonyl (C=O) groups excluding carboxylic acids is 1. The van der Waals surface area contributed by atoms with Crippen molar-refractivity contribution in [1.82, 2.24) is 14.8 Å². The highest BCUT2D eigenvalue weighted by molar-refractivity contribution is 6.39. The molecular weight excluding hydrogens is 400 g/mol. The molecule has 1 amide bonds. The zero-order chi connectivity index (χ0) is 21.3. The molecule has 0 aliphatic carbocycles. The van der Waals surface area contributed by atoms with Gasteiger partial charge in [0, 0.05) is 11.9 Å². The number of aryl methyl sites for hydroxylation is 2. The van der Waals surface area contributed by atoms with Gasteiger partial charge in [-0.2, -0.15) is 5.10 Å². The number of amides is 1. The van der Waals surface area contributed by atoms with Crippen molar-refractivity contribution in [3.05, 3.63) is 76.6 Å². The first-order valence-corrected chi connectivity index (χ1v) is 10.0. The molecule has 0 fully saturated rings. The average Bonchev–Trinajstić information content (AvgIpc) is 3.08. The minimum atomic E-state index is -0.332. The van der Waals surface area contributed by atoms with Crippen LogP contribution in [0.4, 0.5) is 5.69 Å². The van der Waals surface area contributed by atoms with Gasteiger partial charge in [-0.05, 0) is 57.2 Å². The van der Waals surface area contributed by atoms with Crippen LogP contribution in [-0.2, 0) is 0 Å². The molecule has 2 aromatic carbocycles. The predicted molar refractivity (Wildman–Crippen MR) is 119 cm³/mol. The molecule has 152 valence electrons. The first-order valence-electron chi connectivity index (χ1n) is 9.63. The number of nitrogens with one attached hydrogen (secondary N) is 1. The summed E-state index contributed by atoms with van der Waals surface area (Å²) in [7, 11) is 0. The van der Waals surface area contributed by atoms with Gasteiger partial charge in [0.25, 0.3) is 5.91 Å². The number of hydrogen-bond donors (Lipinski definition) is 1. The number of pyridine rings is 1. The van der Waals surface area contributed by atoms with Gasteiger partial charge in [0.1, 0.15) is 5.75 Å². The lowest BCUT2D eigenvalue weighted by molar-refractivity contribution is 0.102. The maximum atomic E-state index is 12.8. The molecule has 0 saturated carbocycles. The summed E-state index contributed by atoms with van der Waals surface area (Å²) in [6, 6.07) is 15.1. The van der Waals surface area contributed by atoms with E-state index in [0.29, 0.717) is 39.6 Å². The molecular formula is C23H21ClN4O2. The quantitative estimate of drug-likeness (QED) is 0.473. The van der Waals surface area contributed by atoms with Crippen LogP contribution in [0.2, 0.25) is 5.02 Å². The van der Waals surface area contributed by atoms with Gasteiger partial charge in [0.05, 0.1) is 34.0 Å². The zero-order valence-corrected chi connectivity index (χ0v) is 17.7. The Balaban J connectivity index is 1.67. The van der Waals surface area contributed by atoms with Gasteiger partial charge in [0.15, 0.2) is 5.65 Å². The normalized spacial score (nSPS) is 10.9. The maximum absolute atomic E-state index is 12.8. The molecule has 30 heavy (non-hydrogen) atoms. The molecule has 0 bridgehead atoms. The van der Waals surface area contributed by atoms with Crippen LogP contribution in [0.15, 0.2) is 54.7 Å². The fourth-order valence-electron chi connectivity index (χ4n) is 3.23. The van der Waals surface area contributed by atoms with Gasteiger partial charge in [-0.25, -0.2) is 9.67 Å². The molecule has 0 radical (unpaired) electrons. The van der Waals surface area contributed by atoms with E-state index in [4.69, 9.17) is 16.3 Å². The van der Waals surface area contributed by atoms with Crippen molar-refractivity contribution in [2.45, 2.75) is 20.8 Å². The van der Waals surface area contributed by atoms with Crippen molar-refractivity contribution in [3.8, 4) is 11.4 Å². The fourth-order valence-corrected chi connectivity index (χ4v) is 3.59. The van der Waals surface area contributed by atoms with Crippen LogP contribution < -0.4 is 10.1 Å². The van der Waals surface area contributed by atoms with Crippen molar-refractivity contribution in [1.29, 1.82) is 0 Å². The SMILES string of the molecule is CCOc1ccc(NC(=O)c2cnc3c(c(C)nn3-c3ccc(C)cc3)c2Cl)cc1. The van der Waals surface area contributed by atoms with Crippen molar-refractivity contribution in [2.75, 3.05) is 11.9 Å². The van der Waals surface area contributed by atoms with E-state index in [1.165, 1.54) is 6.20 Å². The largest absolute Gasteiger partial charge is 0.494 e. The molecule has 4 aromatic rings. The highest BCUT2D eigenvalue weighted by Gasteiger charge is 2.20. The molecule has 7 heteroatoms. The number of carbonyl (C=O) groups is 1. The molecule has 6 nitrogen and oxygen atoms in total. The van der Waals surface area contributed by atoms with Crippen LogP contribution in [-0.4, -0.2) is 27.3 Å². The third kappa shape index (κ3) is 3.74. The number of ether oxygens (including phenoxy) is 1. The Morgan fingerprint density at radius 2 is 1.80 bits per heavy atom. The molecule has 1 N–H and O–H groups in total. The third-order valence-electron chi connectivity index (χ3n) is 4.75. The summed E-state index contributed by atoms with van der Waals surface area (Å²) < 4.78 is 7.16. The second-order valence-electron chi connectivity index (χ2n) is 6.93. The summed E-state index contributed by atoms with van der Waals surface area (Å²) in [5, 5.41) is 8.43. The Bertz CT molecular complexity index is 1210. The molecule has 4 rings (SSSR count). The van der Waals surface area contributed by atoms with Gasteiger partial charge in [-0.1, -0.05) is 29.3 Å². The summed E-state index contributed by atoms with van der Waals surface area (Å²) >= 11 is 6.63.